The number of carbonyl (C=O) groups excluding carboxylic acids is 3. The zero-order valence-electron chi connectivity index (χ0n) is 13.8. The summed E-state index contributed by atoms with van der Waals surface area (Å²) in [6, 6.07) is 10.6. The number of ether oxygens (including phenoxy) is 1. The fraction of sp³-hybridized carbons (Fsp3) is 0.211. The maximum atomic E-state index is 12.0. The van der Waals surface area contributed by atoms with E-state index in [1.165, 1.54) is 6.08 Å². The third-order valence-electron chi connectivity index (χ3n) is 3.92. The average molecular weight is 338 g/mol. The summed E-state index contributed by atoms with van der Waals surface area (Å²) >= 11 is 0. The molecule has 2 aromatic carbocycles. The van der Waals surface area contributed by atoms with Gasteiger partial charge in [0.25, 0.3) is 11.8 Å². The normalized spacial score (nSPS) is 14.3. The first kappa shape index (κ1) is 16.7. The van der Waals surface area contributed by atoms with Gasteiger partial charge in [-0.1, -0.05) is 43.7 Å². The fourth-order valence-electron chi connectivity index (χ4n) is 2.63. The van der Waals surface area contributed by atoms with Crippen LogP contribution in [0.3, 0.4) is 0 Å². The Kier molecular flexibility index (Phi) is 4.79. The number of nitrogens with one attached hydrogen (secondary N) is 2. The molecular formula is C19H18N2O4. The van der Waals surface area contributed by atoms with Gasteiger partial charge >= 0.3 is 6.03 Å². The molecular weight excluding hydrogens is 320 g/mol. The van der Waals surface area contributed by atoms with E-state index in [4.69, 9.17) is 4.74 Å². The van der Waals surface area contributed by atoms with E-state index < -0.39 is 17.8 Å². The molecule has 0 atom stereocenters. The molecule has 0 spiro atoms. The second-order valence-corrected chi connectivity index (χ2v) is 5.70. The van der Waals surface area contributed by atoms with Gasteiger partial charge in [-0.05, 0) is 29.3 Å². The number of benzene rings is 2. The van der Waals surface area contributed by atoms with E-state index in [1.807, 2.05) is 36.4 Å². The van der Waals surface area contributed by atoms with Gasteiger partial charge in [0.05, 0.1) is 6.61 Å². The Morgan fingerprint density at radius 1 is 1.00 bits per heavy atom. The molecule has 1 fully saturated rings. The van der Waals surface area contributed by atoms with Gasteiger partial charge in [0.2, 0.25) is 0 Å². The molecule has 2 N–H and O–H groups in total. The average Bonchev–Trinajstić information content (AvgIpc) is 2.59. The molecule has 1 heterocycles. The monoisotopic (exact) mass is 338 g/mol. The first-order chi connectivity index (χ1) is 12.1. The van der Waals surface area contributed by atoms with Gasteiger partial charge < -0.3 is 4.74 Å². The summed E-state index contributed by atoms with van der Waals surface area (Å²) in [6.07, 6.45) is 3.37. The minimum Gasteiger partial charge on any atom is -0.493 e. The zero-order valence-corrected chi connectivity index (χ0v) is 13.8. The zero-order chi connectivity index (χ0) is 17.8. The van der Waals surface area contributed by atoms with E-state index in [9.17, 15) is 14.4 Å². The molecule has 0 unspecified atom stereocenters. The molecule has 0 aromatic heterocycles. The number of fused-ring (bicyclic) bond motifs is 1. The molecule has 25 heavy (non-hydrogen) atoms. The first-order valence-corrected chi connectivity index (χ1v) is 8.13. The number of rotatable bonds is 5. The predicted octanol–water partition coefficient (Wildman–Crippen LogP) is 2.77. The molecule has 1 saturated heterocycles. The molecule has 6 nitrogen and oxygen atoms in total. The van der Waals surface area contributed by atoms with Crippen LogP contribution in [0.15, 0.2) is 42.0 Å². The molecule has 0 saturated carbocycles. The standard InChI is InChI=1S/C19H18N2O4/c1-2-3-10-25-16-9-8-12-6-4-5-7-13(12)14(16)11-15-17(22)20-19(24)21-18(15)23/h4-9,11H,2-3,10H2,1H3,(H2,20,21,22,23,24). The quantitative estimate of drug-likeness (QED) is 0.499. The number of imide groups is 2. The van der Waals surface area contributed by atoms with Gasteiger partial charge in [-0.3, -0.25) is 20.2 Å². The molecule has 1 aliphatic rings. The summed E-state index contributed by atoms with van der Waals surface area (Å²) in [7, 11) is 0. The van der Waals surface area contributed by atoms with Gasteiger partial charge in [0, 0.05) is 5.56 Å². The number of barbiturate groups is 1. The highest BCUT2D eigenvalue weighted by molar-refractivity contribution is 6.31. The van der Waals surface area contributed by atoms with Crippen molar-refractivity contribution in [2.45, 2.75) is 19.8 Å². The third kappa shape index (κ3) is 3.52. The van der Waals surface area contributed by atoms with E-state index in [1.54, 1.807) is 0 Å². The lowest BCUT2D eigenvalue weighted by Crippen LogP contribution is -2.51. The lowest BCUT2D eigenvalue weighted by Gasteiger charge is -2.16. The van der Waals surface area contributed by atoms with Crippen LogP contribution < -0.4 is 15.4 Å². The van der Waals surface area contributed by atoms with Crippen LogP contribution in [0.25, 0.3) is 16.8 Å². The van der Waals surface area contributed by atoms with Crippen molar-refractivity contribution < 1.29 is 19.1 Å². The fourth-order valence-corrected chi connectivity index (χ4v) is 2.63. The summed E-state index contributed by atoms with van der Waals surface area (Å²) in [5.41, 5.74) is 0.514. The lowest BCUT2D eigenvalue weighted by atomic mass is 10.00. The van der Waals surface area contributed by atoms with Gasteiger partial charge in [-0.15, -0.1) is 0 Å². The van der Waals surface area contributed by atoms with Crippen LogP contribution in [-0.4, -0.2) is 24.5 Å². The summed E-state index contributed by atoms with van der Waals surface area (Å²) in [4.78, 5) is 35.3. The van der Waals surface area contributed by atoms with E-state index in [2.05, 4.69) is 17.6 Å². The Balaban J connectivity index is 2.10. The first-order valence-electron chi connectivity index (χ1n) is 8.13. The molecule has 6 heteroatoms. The molecule has 0 radical (unpaired) electrons. The van der Waals surface area contributed by atoms with Crippen LogP contribution in [0.2, 0.25) is 0 Å². The summed E-state index contributed by atoms with van der Waals surface area (Å²) in [6.45, 7) is 2.61. The maximum Gasteiger partial charge on any atom is 0.328 e. The number of hydrogen-bond donors (Lipinski definition) is 2. The number of amides is 4. The van der Waals surface area contributed by atoms with Gasteiger partial charge in [-0.2, -0.15) is 0 Å². The minimum atomic E-state index is -0.815. The van der Waals surface area contributed by atoms with Gasteiger partial charge in [-0.25, -0.2) is 4.79 Å². The summed E-state index contributed by atoms with van der Waals surface area (Å²) < 4.78 is 5.84. The molecule has 1 aliphatic heterocycles. The second kappa shape index (κ2) is 7.17. The van der Waals surface area contributed by atoms with E-state index >= 15 is 0 Å². The molecule has 2 aromatic rings. The molecule has 0 aliphatic carbocycles. The van der Waals surface area contributed by atoms with Crippen molar-refractivity contribution in [3.63, 3.8) is 0 Å². The topological polar surface area (TPSA) is 84.5 Å². The predicted molar refractivity (Wildman–Crippen MR) is 94.0 cm³/mol. The van der Waals surface area contributed by atoms with Crippen LogP contribution in [0, 0.1) is 0 Å². The van der Waals surface area contributed by atoms with E-state index in [0.717, 1.165) is 23.6 Å². The minimum absolute atomic E-state index is 0.128. The van der Waals surface area contributed by atoms with Crippen LogP contribution in [-0.2, 0) is 9.59 Å². The SMILES string of the molecule is CCCCOc1ccc2ccccc2c1C=C1C(=O)NC(=O)NC1=O. The van der Waals surface area contributed by atoms with Crippen molar-refractivity contribution in [2.75, 3.05) is 6.61 Å². The van der Waals surface area contributed by atoms with Crippen molar-refractivity contribution >= 4 is 34.7 Å². The highest BCUT2D eigenvalue weighted by Gasteiger charge is 2.28. The Bertz CT molecular complexity index is 864. The number of urea groups is 1. The lowest BCUT2D eigenvalue weighted by molar-refractivity contribution is -0.123. The van der Waals surface area contributed by atoms with Crippen LogP contribution in [0.1, 0.15) is 25.3 Å². The van der Waals surface area contributed by atoms with Gasteiger partial charge in [0.1, 0.15) is 11.3 Å². The van der Waals surface area contributed by atoms with Crippen molar-refractivity contribution in [3.05, 3.63) is 47.5 Å². The largest absolute Gasteiger partial charge is 0.493 e. The highest BCUT2D eigenvalue weighted by Crippen LogP contribution is 2.30. The van der Waals surface area contributed by atoms with Crippen molar-refractivity contribution in [3.8, 4) is 5.75 Å². The van der Waals surface area contributed by atoms with Crippen LogP contribution in [0.5, 0.6) is 5.75 Å². The number of unbranched alkanes of at least 4 members (excludes halogenated alkanes) is 1. The Morgan fingerprint density at radius 3 is 2.44 bits per heavy atom. The molecule has 128 valence electrons. The Labute approximate surface area is 144 Å². The van der Waals surface area contributed by atoms with Gasteiger partial charge in [0.15, 0.2) is 0 Å². The molecule has 4 amide bonds. The van der Waals surface area contributed by atoms with Crippen molar-refractivity contribution in [1.29, 1.82) is 0 Å². The highest BCUT2D eigenvalue weighted by atomic mass is 16.5. The summed E-state index contributed by atoms with van der Waals surface area (Å²) in [5, 5.41) is 5.99. The van der Waals surface area contributed by atoms with E-state index in [-0.39, 0.29) is 5.57 Å². The number of hydrogen-bond acceptors (Lipinski definition) is 4. The third-order valence-corrected chi connectivity index (χ3v) is 3.92. The Morgan fingerprint density at radius 2 is 1.72 bits per heavy atom. The van der Waals surface area contributed by atoms with Crippen molar-refractivity contribution in [1.82, 2.24) is 10.6 Å². The second-order valence-electron chi connectivity index (χ2n) is 5.70. The smallest absolute Gasteiger partial charge is 0.328 e. The number of carbonyl (C=O) groups is 3. The maximum absolute atomic E-state index is 12.0. The molecule has 0 bridgehead atoms. The molecule has 3 rings (SSSR count). The van der Waals surface area contributed by atoms with E-state index in [0.29, 0.717) is 17.9 Å². The Hall–Kier alpha value is -3.15. The van der Waals surface area contributed by atoms with Crippen LogP contribution in [0.4, 0.5) is 4.79 Å². The summed E-state index contributed by atoms with van der Waals surface area (Å²) in [5.74, 6) is -0.848. The van der Waals surface area contributed by atoms with Crippen LogP contribution >= 0.6 is 0 Å². The van der Waals surface area contributed by atoms with Crippen molar-refractivity contribution in [2.24, 2.45) is 0 Å².